The zero-order valence-corrected chi connectivity index (χ0v) is 14.2. The zero-order chi connectivity index (χ0) is 18.1. The van der Waals surface area contributed by atoms with Crippen LogP contribution in [0.5, 0.6) is 0 Å². The van der Waals surface area contributed by atoms with E-state index in [9.17, 15) is 9.59 Å². The third kappa shape index (κ3) is 2.93. The molecule has 0 bridgehead atoms. The molecule has 3 heterocycles. The monoisotopic (exact) mass is 344 g/mol. The van der Waals surface area contributed by atoms with Crippen LogP contribution in [0, 0.1) is 6.92 Å². The number of pyridine rings is 1. The van der Waals surface area contributed by atoms with Gasteiger partial charge in [0.2, 0.25) is 5.78 Å². The minimum absolute atomic E-state index is 0.0355. The van der Waals surface area contributed by atoms with E-state index in [1.54, 1.807) is 41.5 Å². The predicted molar refractivity (Wildman–Crippen MR) is 98.2 cm³/mol. The molecule has 0 fully saturated rings. The quantitative estimate of drug-likeness (QED) is 0.534. The summed E-state index contributed by atoms with van der Waals surface area (Å²) < 4.78 is 3.13. The fourth-order valence-corrected chi connectivity index (χ4v) is 2.81. The number of nitrogens with zero attached hydrogens (tertiary/aromatic N) is 4. The number of ketones is 1. The van der Waals surface area contributed by atoms with Crippen LogP contribution in [-0.2, 0) is 6.54 Å². The van der Waals surface area contributed by atoms with E-state index in [2.05, 4.69) is 9.97 Å². The van der Waals surface area contributed by atoms with Gasteiger partial charge < -0.3 is 4.57 Å². The smallest absolute Gasteiger partial charge is 0.259 e. The Labute approximate surface area is 149 Å². The number of aryl methyl sites for hydroxylation is 1. The normalized spacial score (nSPS) is 11.0. The molecular weight excluding hydrogens is 328 g/mol. The summed E-state index contributed by atoms with van der Waals surface area (Å²) in [6.45, 7) is 2.09. The minimum atomic E-state index is -0.191. The number of imidazole rings is 1. The number of fused-ring (bicyclic) bond motifs is 1. The third-order valence-corrected chi connectivity index (χ3v) is 4.25. The van der Waals surface area contributed by atoms with Gasteiger partial charge in [-0.1, -0.05) is 29.8 Å². The Hall–Kier alpha value is -3.54. The van der Waals surface area contributed by atoms with E-state index in [4.69, 9.17) is 0 Å². The fourth-order valence-electron chi connectivity index (χ4n) is 2.81. The molecule has 0 radical (unpaired) electrons. The lowest BCUT2D eigenvalue weighted by atomic mass is 10.1. The average Bonchev–Trinajstić information content (AvgIpc) is 3.06. The number of benzene rings is 1. The van der Waals surface area contributed by atoms with E-state index < -0.39 is 0 Å². The van der Waals surface area contributed by atoms with Crippen molar-refractivity contribution in [2.24, 2.45) is 0 Å². The van der Waals surface area contributed by atoms with Crippen LogP contribution in [0.1, 0.15) is 15.9 Å². The molecule has 4 aromatic rings. The van der Waals surface area contributed by atoms with Gasteiger partial charge in [0.1, 0.15) is 0 Å². The summed E-state index contributed by atoms with van der Waals surface area (Å²) in [6.07, 6.45) is 6.63. The average molecular weight is 344 g/mol. The minimum Gasteiger partial charge on any atom is -0.309 e. The van der Waals surface area contributed by atoms with Gasteiger partial charge in [-0.3, -0.25) is 19.0 Å². The maximum absolute atomic E-state index is 12.6. The molecule has 0 aliphatic carbocycles. The molecule has 0 saturated carbocycles. The van der Waals surface area contributed by atoms with Gasteiger partial charge in [-0.25, -0.2) is 4.98 Å². The Morgan fingerprint density at radius 3 is 2.50 bits per heavy atom. The second-order valence-electron chi connectivity index (χ2n) is 6.10. The molecule has 6 heteroatoms. The number of hydrogen-bond acceptors (Lipinski definition) is 4. The first kappa shape index (κ1) is 16.0. The first-order chi connectivity index (χ1) is 12.6. The van der Waals surface area contributed by atoms with E-state index >= 15 is 0 Å². The van der Waals surface area contributed by atoms with Crippen LogP contribution in [0.4, 0.5) is 0 Å². The van der Waals surface area contributed by atoms with E-state index in [0.717, 1.165) is 11.1 Å². The molecule has 0 aliphatic rings. The van der Waals surface area contributed by atoms with Gasteiger partial charge in [0, 0.05) is 42.0 Å². The second-order valence-corrected chi connectivity index (χ2v) is 6.10. The summed E-state index contributed by atoms with van der Waals surface area (Å²) in [5, 5.41) is 0. The number of hydrogen-bond donors (Lipinski definition) is 0. The van der Waals surface area contributed by atoms with E-state index in [1.807, 2.05) is 31.2 Å². The SMILES string of the molecule is Cc1ccc(C(=O)Cn2ccn3c(=O)cc(-c4ccncc4)nc23)cc1. The van der Waals surface area contributed by atoms with Crippen LogP contribution in [0.2, 0.25) is 0 Å². The van der Waals surface area contributed by atoms with Crippen LogP contribution in [0.25, 0.3) is 17.0 Å². The number of rotatable bonds is 4. The molecule has 0 aliphatic heterocycles. The van der Waals surface area contributed by atoms with Crippen molar-refractivity contribution in [1.82, 2.24) is 18.9 Å². The first-order valence-corrected chi connectivity index (χ1v) is 8.20. The molecule has 128 valence electrons. The van der Waals surface area contributed by atoms with Crippen LogP contribution >= 0.6 is 0 Å². The Balaban J connectivity index is 1.74. The van der Waals surface area contributed by atoms with E-state index in [0.29, 0.717) is 17.0 Å². The molecular formula is C20H16N4O2. The van der Waals surface area contributed by atoms with Crippen molar-refractivity contribution in [3.8, 4) is 11.3 Å². The number of Topliss-reactive ketones (excluding diaryl/α,β-unsaturated/α-hetero) is 1. The number of aromatic nitrogens is 4. The zero-order valence-electron chi connectivity index (χ0n) is 14.2. The fraction of sp³-hybridized carbons (Fsp3) is 0.100. The Bertz CT molecular complexity index is 1140. The van der Waals surface area contributed by atoms with E-state index in [-0.39, 0.29) is 17.9 Å². The summed E-state index contributed by atoms with van der Waals surface area (Å²) in [6, 6.07) is 12.5. The third-order valence-electron chi connectivity index (χ3n) is 4.25. The van der Waals surface area contributed by atoms with Crippen molar-refractivity contribution in [3.63, 3.8) is 0 Å². The maximum atomic E-state index is 12.6. The highest BCUT2D eigenvalue weighted by Crippen LogP contribution is 2.15. The van der Waals surface area contributed by atoms with Crippen LogP contribution in [0.3, 0.4) is 0 Å². The summed E-state index contributed by atoms with van der Waals surface area (Å²) in [4.78, 5) is 33.5. The molecule has 6 nitrogen and oxygen atoms in total. The van der Waals surface area contributed by atoms with Crippen molar-refractivity contribution in [3.05, 3.63) is 88.7 Å². The van der Waals surface area contributed by atoms with Crippen LogP contribution in [-0.4, -0.2) is 24.7 Å². The summed E-state index contributed by atoms with van der Waals surface area (Å²) >= 11 is 0. The topological polar surface area (TPSA) is 69.3 Å². The second kappa shape index (κ2) is 6.40. The molecule has 1 aromatic carbocycles. The van der Waals surface area contributed by atoms with Crippen molar-refractivity contribution in [2.45, 2.75) is 13.5 Å². The predicted octanol–water partition coefficient (Wildman–Crippen LogP) is 2.75. The first-order valence-electron chi connectivity index (χ1n) is 8.20. The molecule has 26 heavy (non-hydrogen) atoms. The molecule has 0 amide bonds. The lowest BCUT2D eigenvalue weighted by Gasteiger charge is -2.06. The molecule has 0 atom stereocenters. The van der Waals surface area contributed by atoms with Crippen molar-refractivity contribution < 1.29 is 4.79 Å². The molecule has 0 N–H and O–H groups in total. The number of carbonyl (C=O) groups excluding carboxylic acids is 1. The Morgan fingerprint density at radius 1 is 1.04 bits per heavy atom. The largest absolute Gasteiger partial charge is 0.309 e. The summed E-state index contributed by atoms with van der Waals surface area (Å²) in [5.41, 5.74) is 2.90. The van der Waals surface area contributed by atoms with Crippen molar-refractivity contribution in [2.75, 3.05) is 0 Å². The van der Waals surface area contributed by atoms with Gasteiger partial charge in [0.05, 0.1) is 12.2 Å². The number of carbonyl (C=O) groups is 1. The Morgan fingerprint density at radius 2 is 1.77 bits per heavy atom. The lowest BCUT2D eigenvalue weighted by Crippen LogP contribution is -2.16. The highest BCUT2D eigenvalue weighted by molar-refractivity contribution is 5.96. The molecule has 0 spiro atoms. The van der Waals surface area contributed by atoms with Gasteiger partial charge in [-0.2, -0.15) is 0 Å². The van der Waals surface area contributed by atoms with Gasteiger partial charge in [-0.15, -0.1) is 0 Å². The van der Waals surface area contributed by atoms with E-state index in [1.165, 1.54) is 10.5 Å². The summed E-state index contributed by atoms with van der Waals surface area (Å²) in [5.74, 6) is 0.399. The van der Waals surface area contributed by atoms with Crippen LogP contribution < -0.4 is 5.56 Å². The van der Waals surface area contributed by atoms with Gasteiger partial charge in [-0.05, 0) is 19.1 Å². The maximum Gasteiger partial charge on any atom is 0.259 e. The highest BCUT2D eigenvalue weighted by Gasteiger charge is 2.12. The summed E-state index contributed by atoms with van der Waals surface area (Å²) in [7, 11) is 0. The van der Waals surface area contributed by atoms with Crippen LogP contribution in [0.15, 0.2) is 72.0 Å². The highest BCUT2D eigenvalue weighted by atomic mass is 16.1. The lowest BCUT2D eigenvalue weighted by molar-refractivity contribution is 0.0973. The molecule has 4 rings (SSSR count). The van der Waals surface area contributed by atoms with Crippen molar-refractivity contribution in [1.29, 1.82) is 0 Å². The molecule has 0 unspecified atom stereocenters. The Kier molecular flexibility index (Phi) is 3.93. The van der Waals surface area contributed by atoms with Gasteiger partial charge in [0.15, 0.2) is 5.78 Å². The molecule has 3 aromatic heterocycles. The van der Waals surface area contributed by atoms with Gasteiger partial charge >= 0.3 is 0 Å². The van der Waals surface area contributed by atoms with Crippen molar-refractivity contribution >= 4 is 11.6 Å². The standard InChI is InChI=1S/C20H16N4O2/c1-14-2-4-16(5-3-14)18(25)13-23-10-11-24-19(26)12-17(22-20(23)24)15-6-8-21-9-7-15/h2-12H,13H2,1H3. The molecule has 0 saturated heterocycles. The van der Waals surface area contributed by atoms with Gasteiger partial charge in [0.25, 0.3) is 5.56 Å².